The molecule has 1 rings (SSSR count). The average Bonchev–Trinajstić information content (AvgIpc) is 2.24. The predicted molar refractivity (Wildman–Crippen MR) is 64.9 cm³/mol. The number of aryl methyl sites for hydroxylation is 1. The number of benzene rings is 1. The van der Waals surface area contributed by atoms with E-state index in [1.54, 1.807) is 6.92 Å². The molecule has 0 aromatic heterocycles. The number of halogens is 3. The van der Waals surface area contributed by atoms with Crippen molar-refractivity contribution in [2.45, 2.75) is 33.1 Å². The molecular formula is C12H17BF3KO. The summed E-state index contributed by atoms with van der Waals surface area (Å²) in [5, 5.41) is 0. The summed E-state index contributed by atoms with van der Waals surface area (Å²) in [6, 6.07) is 3.64. The van der Waals surface area contributed by atoms with Crippen molar-refractivity contribution in [1.29, 1.82) is 0 Å². The van der Waals surface area contributed by atoms with Gasteiger partial charge in [0.05, 0.1) is 6.61 Å². The van der Waals surface area contributed by atoms with Crippen LogP contribution in [-0.2, 0) is 0 Å². The van der Waals surface area contributed by atoms with Gasteiger partial charge < -0.3 is 17.7 Å². The molecule has 0 spiro atoms. The summed E-state index contributed by atoms with van der Waals surface area (Å²) in [7, 11) is 0. The molecule has 0 unspecified atom stereocenters. The Morgan fingerprint density at radius 2 is 1.83 bits per heavy atom. The van der Waals surface area contributed by atoms with E-state index in [1.165, 1.54) is 6.07 Å². The van der Waals surface area contributed by atoms with E-state index in [-0.39, 0.29) is 51.4 Å². The van der Waals surface area contributed by atoms with Gasteiger partial charge in [-0.3, -0.25) is 0 Å². The molecule has 1 nitrogen and oxygen atoms in total. The fourth-order valence-electron chi connectivity index (χ4n) is 1.57. The zero-order valence-electron chi connectivity index (χ0n) is 11.2. The van der Waals surface area contributed by atoms with Gasteiger partial charge >= 0.3 is 58.4 Å². The van der Waals surface area contributed by atoms with Crippen LogP contribution in [0.2, 0.25) is 0 Å². The molecule has 0 saturated heterocycles. The molecule has 0 fully saturated rings. The maximum atomic E-state index is 12.5. The van der Waals surface area contributed by atoms with Crippen molar-refractivity contribution in [2.24, 2.45) is 0 Å². The van der Waals surface area contributed by atoms with Gasteiger partial charge in [0.1, 0.15) is 5.75 Å². The third-order valence-corrected chi connectivity index (χ3v) is 2.58. The average molecular weight is 284 g/mol. The Balaban J connectivity index is 0.00000289. The number of ether oxygens (including phenoxy) is 1. The van der Waals surface area contributed by atoms with E-state index in [0.717, 1.165) is 31.4 Å². The van der Waals surface area contributed by atoms with Crippen molar-refractivity contribution in [3.8, 4) is 5.75 Å². The van der Waals surface area contributed by atoms with Crippen LogP contribution in [0.15, 0.2) is 18.2 Å². The summed E-state index contributed by atoms with van der Waals surface area (Å²) in [5.74, 6) is 0.546. The molecular weight excluding hydrogens is 267 g/mol. The van der Waals surface area contributed by atoms with Crippen molar-refractivity contribution in [1.82, 2.24) is 0 Å². The summed E-state index contributed by atoms with van der Waals surface area (Å²) in [6.45, 7) is -0.628. The van der Waals surface area contributed by atoms with Gasteiger partial charge in [-0.25, -0.2) is 0 Å². The monoisotopic (exact) mass is 284 g/mol. The third kappa shape index (κ3) is 6.10. The van der Waals surface area contributed by atoms with Crippen LogP contribution in [0.3, 0.4) is 0 Å². The minimum atomic E-state index is -4.92. The number of hydrogen-bond donors (Lipinski definition) is 0. The molecule has 0 aliphatic heterocycles. The summed E-state index contributed by atoms with van der Waals surface area (Å²) < 4.78 is 42.9. The first-order valence-corrected chi connectivity index (χ1v) is 5.88. The van der Waals surface area contributed by atoms with Crippen molar-refractivity contribution in [3.05, 3.63) is 23.8 Å². The van der Waals surface area contributed by atoms with Crippen LogP contribution in [0.4, 0.5) is 12.9 Å². The Bertz CT molecular complexity index is 369. The van der Waals surface area contributed by atoms with Gasteiger partial charge in [0.25, 0.3) is 0 Å². The molecule has 0 saturated carbocycles. The maximum Gasteiger partial charge on any atom is 1.00 e. The van der Waals surface area contributed by atoms with Gasteiger partial charge in [0.15, 0.2) is 0 Å². The van der Waals surface area contributed by atoms with Crippen molar-refractivity contribution >= 4 is 12.4 Å². The molecule has 0 amide bonds. The van der Waals surface area contributed by atoms with E-state index >= 15 is 0 Å². The number of rotatable bonds is 6. The topological polar surface area (TPSA) is 9.23 Å². The SMILES string of the molecule is CCCCCOc1ccc([B-](F)(F)F)cc1C.[K+]. The van der Waals surface area contributed by atoms with Crippen LogP contribution in [0.1, 0.15) is 31.7 Å². The van der Waals surface area contributed by atoms with E-state index in [4.69, 9.17) is 4.74 Å². The molecule has 0 atom stereocenters. The molecule has 0 radical (unpaired) electrons. The fourth-order valence-corrected chi connectivity index (χ4v) is 1.57. The van der Waals surface area contributed by atoms with Crippen LogP contribution in [0, 0.1) is 6.92 Å². The second-order valence-corrected chi connectivity index (χ2v) is 4.16. The van der Waals surface area contributed by atoms with Gasteiger partial charge in [0, 0.05) is 0 Å². The molecule has 0 bridgehead atoms. The van der Waals surface area contributed by atoms with Gasteiger partial charge in [0.2, 0.25) is 0 Å². The van der Waals surface area contributed by atoms with Crippen LogP contribution in [-0.4, -0.2) is 13.6 Å². The molecule has 0 heterocycles. The first-order valence-electron chi connectivity index (χ1n) is 5.88. The van der Waals surface area contributed by atoms with E-state index < -0.39 is 12.4 Å². The van der Waals surface area contributed by atoms with Crippen LogP contribution in [0.25, 0.3) is 0 Å². The van der Waals surface area contributed by atoms with Crippen LogP contribution >= 0.6 is 0 Å². The second kappa shape index (κ2) is 8.64. The van der Waals surface area contributed by atoms with E-state index in [0.29, 0.717) is 17.9 Å². The first-order chi connectivity index (χ1) is 7.95. The van der Waals surface area contributed by atoms with Crippen molar-refractivity contribution in [3.63, 3.8) is 0 Å². The zero-order chi connectivity index (χ0) is 12.9. The van der Waals surface area contributed by atoms with Crippen LogP contribution in [0.5, 0.6) is 5.75 Å². The first kappa shape index (κ1) is 18.5. The van der Waals surface area contributed by atoms with Gasteiger partial charge in [-0.05, 0) is 25.0 Å². The molecule has 6 heteroatoms. The molecule has 1 aromatic carbocycles. The molecule has 0 N–H and O–H groups in total. The maximum absolute atomic E-state index is 12.5. The minimum Gasteiger partial charge on any atom is -0.493 e. The van der Waals surface area contributed by atoms with Crippen LogP contribution < -0.4 is 61.6 Å². The molecule has 0 aliphatic carbocycles. The van der Waals surface area contributed by atoms with E-state index in [9.17, 15) is 12.9 Å². The van der Waals surface area contributed by atoms with E-state index in [1.807, 2.05) is 0 Å². The Morgan fingerprint density at radius 1 is 1.17 bits per heavy atom. The predicted octanol–water partition coefficient (Wildman–Crippen LogP) is 0.622. The van der Waals surface area contributed by atoms with Crippen molar-refractivity contribution < 1.29 is 69.1 Å². The Hall–Kier alpha value is 0.511. The Morgan fingerprint density at radius 3 is 2.33 bits per heavy atom. The second-order valence-electron chi connectivity index (χ2n) is 4.16. The quantitative estimate of drug-likeness (QED) is 0.550. The normalized spacial score (nSPS) is 10.9. The number of unbranched alkanes of at least 4 members (excludes halogenated alkanes) is 2. The van der Waals surface area contributed by atoms with E-state index in [2.05, 4.69) is 6.92 Å². The summed E-state index contributed by atoms with van der Waals surface area (Å²) in [4.78, 5) is 0. The van der Waals surface area contributed by atoms with Gasteiger partial charge in [-0.1, -0.05) is 31.9 Å². The minimum absolute atomic E-state index is 0. The standard InChI is InChI=1S/C12H17BF3O.K/c1-3-4-5-8-17-12-7-6-11(9-10(12)2)13(14,15)16;/h6-7,9H,3-5,8H2,1-2H3;/q-1;+1. The Labute approximate surface area is 149 Å². The Kier molecular flexibility index (Phi) is 8.88. The molecule has 18 heavy (non-hydrogen) atoms. The molecule has 96 valence electrons. The summed E-state index contributed by atoms with van der Waals surface area (Å²) in [5.41, 5.74) is -0.0263. The largest absolute Gasteiger partial charge is 1.00 e. The van der Waals surface area contributed by atoms with Crippen molar-refractivity contribution in [2.75, 3.05) is 6.61 Å². The smallest absolute Gasteiger partial charge is 0.493 e. The molecule has 0 aliphatic rings. The summed E-state index contributed by atoms with van der Waals surface area (Å²) >= 11 is 0. The third-order valence-electron chi connectivity index (χ3n) is 2.58. The zero-order valence-corrected chi connectivity index (χ0v) is 14.3. The summed E-state index contributed by atoms with van der Waals surface area (Å²) in [6.07, 6.45) is 3.10. The van der Waals surface area contributed by atoms with Gasteiger partial charge in [-0.2, -0.15) is 0 Å². The van der Waals surface area contributed by atoms with Gasteiger partial charge in [-0.15, -0.1) is 5.46 Å². The number of hydrogen-bond acceptors (Lipinski definition) is 1. The molecule has 1 aromatic rings. The fraction of sp³-hybridized carbons (Fsp3) is 0.500.